The maximum atomic E-state index is 12.3. The minimum atomic E-state index is -0.120. The lowest BCUT2D eigenvalue weighted by molar-refractivity contribution is -0.121. The first-order valence-corrected chi connectivity index (χ1v) is 7.00. The Morgan fingerprint density at radius 3 is 2.95 bits per heavy atom. The van der Waals surface area contributed by atoms with Gasteiger partial charge in [0.1, 0.15) is 0 Å². The Hall–Kier alpha value is -2.04. The Labute approximate surface area is 119 Å². The number of benzene rings is 1. The summed E-state index contributed by atoms with van der Waals surface area (Å²) in [6.45, 7) is 3.65. The van der Waals surface area contributed by atoms with Gasteiger partial charge in [0.25, 0.3) is 5.91 Å². The summed E-state index contributed by atoms with van der Waals surface area (Å²) in [5.41, 5.74) is 2.91. The third kappa shape index (κ3) is 3.29. The number of likely N-dealkylation sites (N-methyl/N-ethyl adjacent to an activating group) is 1. The number of anilines is 1. The maximum Gasteiger partial charge on any atom is 0.254 e. The van der Waals surface area contributed by atoms with E-state index < -0.39 is 0 Å². The topological polar surface area (TPSA) is 61.4 Å². The van der Waals surface area contributed by atoms with Crippen molar-refractivity contribution in [1.29, 1.82) is 0 Å². The standard InChI is InChI=1S/C15H21N3O2/c1-3-7-17-14(19)10-18(2)15(20)12-4-5-13-11(9-12)6-8-16-13/h4-5,9,16H,3,6-8,10H2,1-2H3,(H,17,19). The van der Waals surface area contributed by atoms with Crippen LogP contribution in [0.2, 0.25) is 0 Å². The van der Waals surface area contributed by atoms with Gasteiger partial charge in [0.2, 0.25) is 5.91 Å². The largest absolute Gasteiger partial charge is 0.384 e. The normalized spacial score (nSPS) is 12.5. The van der Waals surface area contributed by atoms with Gasteiger partial charge in [-0.3, -0.25) is 9.59 Å². The maximum absolute atomic E-state index is 12.3. The number of hydrogen-bond acceptors (Lipinski definition) is 3. The Kier molecular flexibility index (Phi) is 4.61. The molecule has 0 aliphatic carbocycles. The molecule has 0 saturated carbocycles. The molecular weight excluding hydrogens is 254 g/mol. The van der Waals surface area contributed by atoms with E-state index in [1.807, 2.05) is 19.1 Å². The number of nitrogens with zero attached hydrogens (tertiary/aromatic N) is 1. The molecule has 0 bridgehead atoms. The molecule has 0 radical (unpaired) electrons. The molecule has 0 unspecified atom stereocenters. The van der Waals surface area contributed by atoms with Gasteiger partial charge in [0.15, 0.2) is 0 Å². The molecule has 1 aromatic rings. The lowest BCUT2D eigenvalue weighted by Gasteiger charge is -2.17. The number of hydrogen-bond donors (Lipinski definition) is 2. The lowest BCUT2D eigenvalue weighted by Crippen LogP contribution is -2.38. The van der Waals surface area contributed by atoms with Gasteiger partial charge < -0.3 is 15.5 Å². The molecule has 108 valence electrons. The lowest BCUT2D eigenvalue weighted by atomic mass is 10.1. The van der Waals surface area contributed by atoms with Crippen molar-refractivity contribution in [2.24, 2.45) is 0 Å². The zero-order chi connectivity index (χ0) is 14.5. The Morgan fingerprint density at radius 1 is 1.40 bits per heavy atom. The fourth-order valence-corrected chi connectivity index (χ4v) is 2.27. The summed E-state index contributed by atoms with van der Waals surface area (Å²) < 4.78 is 0. The van der Waals surface area contributed by atoms with Crippen molar-refractivity contribution in [2.75, 3.05) is 32.0 Å². The minimum Gasteiger partial charge on any atom is -0.384 e. The number of carbonyl (C=O) groups excluding carboxylic acids is 2. The monoisotopic (exact) mass is 275 g/mol. The second kappa shape index (κ2) is 6.41. The first-order chi connectivity index (χ1) is 9.61. The molecule has 1 heterocycles. The molecule has 0 fully saturated rings. The molecule has 2 rings (SSSR count). The Bertz CT molecular complexity index is 514. The third-order valence-corrected chi connectivity index (χ3v) is 3.36. The Morgan fingerprint density at radius 2 is 2.20 bits per heavy atom. The second-order valence-electron chi connectivity index (χ2n) is 5.06. The van der Waals surface area contributed by atoms with Crippen LogP contribution in [0.5, 0.6) is 0 Å². The highest BCUT2D eigenvalue weighted by Crippen LogP contribution is 2.23. The van der Waals surface area contributed by atoms with Crippen LogP contribution in [0.15, 0.2) is 18.2 Å². The molecule has 0 aromatic heterocycles. The van der Waals surface area contributed by atoms with E-state index in [0.29, 0.717) is 12.1 Å². The molecule has 2 amide bonds. The van der Waals surface area contributed by atoms with E-state index in [1.54, 1.807) is 13.1 Å². The average molecular weight is 275 g/mol. The van der Waals surface area contributed by atoms with Gasteiger partial charge in [0, 0.05) is 31.4 Å². The van der Waals surface area contributed by atoms with Crippen LogP contribution in [0, 0.1) is 0 Å². The number of nitrogens with one attached hydrogen (secondary N) is 2. The molecule has 0 saturated heterocycles. The van der Waals surface area contributed by atoms with E-state index >= 15 is 0 Å². The van der Waals surface area contributed by atoms with Crippen molar-refractivity contribution in [3.05, 3.63) is 29.3 Å². The summed E-state index contributed by atoms with van der Waals surface area (Å²) in [5.74, 6) is -0.239. The molecule has 2 N–H and O–H groups in total. The van der Waals surface area contributed by atoms with Gasteiger partial charge >= 0.3 is 0 Å². The highest BCUT2D eigenvalue weighted by Gasteiger charge is 2.17. The Balaban J connectivity index is 1.98. The van der Waals surface area contributed by atoms with Crippen LogP contribution in [-0.2, 0) is 11.2 Å². The van der Waals surface area contributed by atoms with Crippen LogP contribution in [0.25, 0.3) is 0 Å². The van der Waals surface area contributed by atoms with E-state index in [9.17, 15) is 9.59 Å². The summed E-state index contributed by atoms with van der Waals surface area (Å²) in [4.78, 5) is 25.4. The number of carbonyl (C=O) groups is 2. The number of rotatable bonds is 5. The zero-order valence-electron chi connectivity index (χ0n) is 12.0. The van der Waals surface area contributed by atoms with Gasteiger partial charge in [-0.25, -0.2) is 0 Å². The third-order valence-electron chi connectivity index (χ3n) is 3.36. The zero-order valence-corrected chi connectivity index (χ0v) is 12.0. The van der Waals surface area contributed by atoms with Crippen LogP contribution in [0.3, 0.4) is 0 Å². The molecular formula is C15H21N3O2. The van der Waals surface area contributed by atoms with Crippen molar-refractivity contribution >= 4 is 17.5 Å². The van der Waals surface area contributed by atoms with E-state index in [1.165, 1.54) is 10.5 Å². The van der Waals surface area contributed by atoms with Crippen molar-refractivity contribution in [2.45, 2.75) is 19.8 Å². The van der Waals surface area contributed by atoms with Crippen molar-refractivity contribution in [3.8, 4) is 0 Å². The molecule has 0 atom stereocenters. The van der Waals surface area contributed by atoms with Gasteiger partial charge in [-0.2, -0.15) is 0 Å². The highest BCUT2D eigenvalue weighted by molar-refractivity contribution is 5.97. The average Bonchev–Trinajstić information content (AvgIpc) is 2.91. The minimum absolute atomic E-state index is 0.0914. The molecule has 5 nitrogen and oxygen atoms in total. The molecule has 20 heavy (non-hydrogen) atoms. The van der Waals surface area contributed by atoms with Crippen molar-refractivity contribution in [1.82, 2.24) is 10.2 Å². The summed E-state index contributed by atoms with van der Waals surface area (Å²) >= 11 is 0. The highest BCUT2D eigenvalue weighted by atomic mass is 16.2. The fourth-order valence-electron chi connectivity index (χ4n) is 2.27. The summed E-state index contributed by atoms with van der Waals surface area (Å²) in [7, 11) is 1.65. The van der Waals surface area contributed by atoms with Crippen LogP contribution in [-0.4, -0.2) is 43.4 Å². The smallest absolute Gasteiger partial charge is 0.254 e. The second-order valence-corrected chi connectivity index (χ2v) is 5.06. The van der Waals surface area contributed by atoms with Gasteiger partial charge in [-0.1, -0.05) is 6.92 Å². The quantitative estimate of drug-likeness (QED) is 0.850. The first-order valence-electron chi connectivity index (χ1n) is 7.00. The van der Waals surface area contributed by atoms with E-state index in [-0.39, 0.29) is 18.4 Å². The molecule has 1 aliphatic rings. The van der Waals surface area contributed by atoms with Crippen LogP contribution in [0.4, 0.5) is 5.69 Å². The van der Waals surface area contributed by atoms with Crippen LogP contribution >= 0.6 is 0 Å². The summed E-state index contributed by atoms with van der Waals surface area (Å²) in [6, 6.07) is 5.65. The molecule has 1 aromatic carbocycles. The fraction of sp³-hybridized carbons (Fsp3) is 0.467. The van der Waals surface area contributed by atoms with Gasteiger partial charge in [-0.15, -0.1) is 0 Å². The molecule has 1 aliphatic heterocycles. The van der Waals surface area contributed by atoms with Crippen LogP contribution < -0.4 is 10.6 Å². The van der Waals surface area contributed by atoms with Crippen molar-refractivity contribution < 1.29 is 9.59 Å². The summed E-state index contributed by atoms with van der Waals surface area (Å²) in [6.07, 6.45) is 1.83. The van der Waals surface area contributed by atoms with Gasteiger partial charge in [-0.05, 0) is 36.6 Å². The molecule has 0 spiro atoms. The summed E-state index contributed by atoms with van der Waals surface area (Å²) in [5, 5.41) is 6.03. The van der Waals surface area contributed by atoms with Crippen LogP contribution in [0.1, 0.15) is 29.3 Å². The predicted octanol–water partition coefficient (Wildman–Crippen LogP) is 1.25. The predicted molar refractivity (Wildman–Crippen MR) is 78.9 cm³/mol. The number of fused-ring (bicyclic) bond motifs is 1. The number of amides is 2. The van der Waals surface area contributed by atoms with E-state index in [0.717, 1.165) is 25.1 Å². The van der Waals surface area contributed by atoms with Crippen molar-refractivity contribution in [3.63, 3.8) is 0 Å². The SMILES string of the molecule is CCCNC(=O)CN(C)C(=O)c1ccc2c(c1)CCN2. The first kappa shape index (κ1) is 14.4. The van der Waals surface area contributed by atoms with E-state index in [2.05, 4.69) is 10.6 Å². The van der Waals surface area contributed by atoms with Gasteiger partial charge in [0.05, 0.1) is 6.54 Å². The molecule has 5 heteroatoms. The van der Waals surface area contributed by atoms with E-state index in [4.69, 9.17) is 0 Å².